The zero-order chi connectivity index (χ0) is 16.5. The fourth-order valence-corrected chi connectivity index (χ4v) is 1.75. The van der Waals surface area contributed by atoms with Gasteiger partial charge in [-0.3, -0.25) is 0 Å². The summed E-state index contributed by atoms with van der Waals surface area (Å²) < 4.78 is 23.2. The van der Waals surface area contributed by atoms with E-state index >= 15 is 0 Å². The van der Waals surface area contributed by atoms with E-state index in [-0.39, 0.29) is 24.3 Å². The SMILES string of the molecule is CCCCOC(=O)NC(Cc1ccc(O)cc1F)C(=O)OC. The Morgan fingerprint density at radius 3 is 2.73 bits per heavy atom. The first-order valence-electron chi connectivity index (χ1n) is 6.96. The minimum atomic E-state index is -1.07. The fraction of sp³-hybridized carbons (Fsp3) is 0.467. The van der Waals surface area contributed by atoms with Gasteiger partial charge in [0.15, 0.2) is 0 Å². The van der Waals surface area contributed by atoms with Gasteiger partial charge in [-0.1, -0.05) is 19.4 Å². The van der Waals surface area contributed by atoms with Crippen molar-refractivity contribution < 1.29 is 28.6 Å². The number of amides is 1. The molecule has 0 fully saturated rings. The first-order chi connectivity index (χ1) is 10.5. The molecule has 0 heterocycles. The van der Waals surface area contributed by atoms with Crippen LogP contribution in [0.4, 0.5) is 9.18 Å². The highest BCUT2D eigenvalue weighted by molar-refractivity contribution is 5.81. The molecular formula is C15H20FNO5. The summed E-state index contributed by atoms with van der Waals surface area (Å²) in [5.74, 6) is -1.60. The molecule has 1 atom stereocenters. The number of phenols is 1. The number of rotatable bonds is 7. The van der Waals surface area contributed by atoms with Crippen LogP contribution in [0, 0.1) is 5.82 Å². The van der Waals surface area contributed by atoms with Crippen molar-refractivity contribution in [2.24, 2.45) is 0 Å². The molecule has 1 aromatic carbocycles. The number of carbonyl (C=O) groups is 2. The quantitative estimate of drug-likeness (QED) is 0.595. The predicted octanol–water partition coefficient (Wildman–Crippen LogP) is 2.14. The van der Waals surface area contributed by atoms with E-state index in [1.165, 1.54) is 19.2 Å². The van der Waals surface area contributed by atoms with Crippen molar-refractivity contribution in [3.63, 3.8) is 0 Å². The van der Waals surface area contributed by atoms with E-state index in [1.807, 2.05) is 6.92 Å². The Labute approximate surface area is 128 Å². The summed E-state index contributed by atoms with van der Waals surface area (Å²) in [5, 5.41) is 11.5. The third kappa shape index (κ3) is 5.59. The molecule has 0 saturated heterocycles. The number of nitrogens with one attached hydrogen (secondary N) is 1. The van der Waals surface area contributed by atoms with Gasteiger partial charge in [-0.25, -0.2) is 14.0 Å². The summed E-state index contributed by atoms with van der Waals surface area (Å²) in [6, 6.07) is 2.50. The monoisotopic (exact) mass is 313 g/mol. The van der Waals surface area contributed by atoms with Gasteiger partial charge in [0.1, 0.15) is 17.6 Å². The lowest BCUT2D eigenvalue weighted by atomic mass is 10.1. The van der Waals surface area contributed by atoms with E-state index in [9.17, 15) is 19.1 Å². The van der Waals surface area contributed by atoms with E-state index < -0.39 is 23.9 Å². The molecule has 2 N–H and O–H groups in total. The maximum absolute atomic E-state index is 13.7. The van der Waals surface area contributed by atoms with Crippen molar-refractivity contribution in [1.82, 2.24) is 5.32 Å². The number of alkyl carbamates (subject to hydrolysis) is 1. The van der Waals surface area contributed by atoms with Crippen molar-refractivity contribution in [3.05, 3.63) is 29.6 Å². The molecule has 7 heteroatoms. The molecule has 122 valence electrons. The van der Waals surface area contributed by atoms with Crippen LogP contribution in [-0.4, -0.2) is 36.9 Å². The van der Waals surface area contributed by atoms with Crippen molar-refractivity contribution >= 4 is 12.1 Å². The Kier molecular flexibility index (Phi) is 7.15. The lowest BCUT2D eigenvalue weighted by molar-refractivity contribution is -0.143. The van der Waals surface area contributed by atoms with Crippen LogP contribution in [0.3, 0.4) is 0 Å². The number of hydrogen-bond donors (Lipinski definition) is 2. The van der Waals surface area contributed by atoms with Crippen molar-refractivity contribution in [2.75, 3.05) is 13.7 Å². The van der Waals surface area contributed by atoms with Crippen LogP contribution in [0.25, 0.3) is 0 Å². The molecule has 0 bridgehead atoms. The van der Waals surface area contributed by atoms with Crippen molar-refractivity contribution in [2.45, 2.75) is 32.2 Å². The summed E-state index contributed by atoms with van der Waals surface area (Å²) >= 11 is 0. The van der Waals surface area contributed by atoms with Gasteiger partial charge >= 0.3 is 12.1 Å². The fourth-order valence-electron chi connectivity index (χ4n) is 1.75. The third-order valence-electron chi connectivity index (χ3n) is 2.97. The normalized spacial score (nSPS) is 11.6. The van der Waals surface area contributed by atoms with E-state index in [1.54, 1.807) is 0 Å². The Hall–Kier alpha value is -2.31. The lowest BCUT2D eigenvalue weighted by Crippen LogP contribution is -2.43. The van der Waals surface area contributed by atoms with Crippen LogP contribution in [0.1, 0.15) is 25.3 Å². The average Bonchev–Trinajstić information content (AvgIpc) is 2.48. The molecule has 1 rings (SSSR count). The van der Waals surface area contributed by atoms with E-state index in [0.717, 1.165) is 12.5 Å². The minimum absolute atomic E-state index is 0.109. The Bertz CT molecular complexity index is 521. The van der Waals surface area contributed by atoms with Crippen molar-refractivity contribution in [1.29, 1.82) is 0 Å². The maximum Gasteiger partial charge on any atom is 0.407 e. The Morgan fingerprint density at radius 2 is 2.14 bits per heavy atom. The lowest BCUT2D eigenvalue weighted by Gasteiger charge is -2.17. The molecule has 1 unspecified atom stereocenters. The summed E-state index contributed by atoms with van der Waals surface area (Å²) in [6.07, 6.45) is 0.708. The molecule has 0 aliphatic carbocycles. The van der Waals surface area contributed by atoms with Gasteiger partial charge < -0.3 is 19.9 Å². The zero-order valence-electron chi connectivity index (χ0n) is 12.6. The largest absolute Gasteiger partial charge is 0.508 e. The molecule has 0 saturated carbocycles. The van der Waals surface area contributed by atoms with E-state index in [0.29, 0.717) is 6.42 Å². The van der Waals surface area contributed by atoms with Gasteiger partial charge in [0.25, 0.3) is 0 Å². The van der Waals surface area contributed by atoms with E-state index in [4.69, 9.17) is 4.74 Å². The maximum atomic E-state index is 13.7. The topological polar surface area (TPSA) is 84.9 Å². The highest BCUT2D eigenvalue weighted by atomic mass is 19.1. The highest BCUT2D eigenvalue weighted by Crippen LogP contribution is 2.16. The third-order valence-corrected chi connectivity index (χ3v) is 2.97. The summed E-state index contributed by atoms with van der Waals surface area (Å²) in [7, 11) is 1.17. The predicted molar refractivity (Wildman–Crippen MR) is 77.0 cm³/mol. The molecule has 1 aromatic rings. The molecule has 6 nitrogen and oxygen atoms in total. The van der Waals surface area contributed by atoms with Crippen LogP contribution in [0.5, 0.6) is 5.75 Å². The highest BCUT2D eigenvalue weighted by Gasteiger charge is 2.24. The first-order valence-corrected chi connectivity index (χ1v) is 6.96. The average molecular weight is 313 g/mol. The van der Waals surface area contributed by atoms with Gasteiger partial charge in [-0.05, 0) is 18.1 Å². The molecule has 0 aliphatic heterocycles. The van der Waals surface area contributed by atoms with Crippen LogP contribution < -0.4 is 5.32 Å². The van der Waals surface area contributed by atoms with Crippen LogP contribution in [0.15, 0.2) is 18.2 Å². The second kappa shape index (κ2) is 8.86. The van der Waals surface area contributed by atoms with Crippen LogP contribution >= 0.6 is 0 Å². The standard InChI is InChI=1S/C15H20FNO5/c1-3-4-7-22-15(20)17-13(14(19)21-2)8-10-5-6-11(18)9-12(10)16/h5-6,9,13,18H,3-4,7-8H2,1-2H3,(H,17,20). The summed E-state index contributed by atoms with van der Waals surface area (Å²) in [5.41, 5.74) is 0.169. The number of methoxy groups -OCH3 is 1. The second-order valence-corrected chi connectivity index (χ2v) is 4.69. The first kappa shape index (κ1) is 17.7. The number of phenolic OH excluding ortho intramolecular Hbond substituents is 1. The molecule has 0 aromatic heterocycles. The molecular weight excluding hydrogens is 293 g/mol. The molecule has 0 spiro atoms. The number of esters is 1. The van der Waals surface area contributed by atoms with Crippen LogP contribution in [-0.2, 0) is 20.7 Å². The number of halogens is 1. The minimum Gasteiger partial charge on any atom is -0.508 e. The van der Waals surface area contributed by atoms with Gasteiger partial charge in [0.2, 0.25) is 0 Å². The van der Waals surface area contributed by atoms with Gasteiger partial charge in [0.05, 0.1) is 13.7 Å². The molecule has 0 radical (unpaired) electrons. The molecule has 22 heavy (non-hydrogen) atoms. The molecule has 0 aliphatic rings. The zero-order valence-corrected chi connectivity index (χ0v) is 12.6. The number of hydrogen-bond acceptors (Lipinski definition) is 5. The summed E-state index contributed by atoms with van der Waals surface area (Å²) in [6.45, 7) is 2.19. The number of aromatic hydroxyl groups is 1. The number of unbranched alkanes of at least 4 members (excludes halogenated alkanes) is 1. The molecule has 1 amide bonds. The number of carbonyl (C=O) groups excluding carboxylic acids is 2. The van der Waals surface area contributed by atoms with Gasteiger partial charge in [-0.15, -0.1) is 0 Å². The van der Waals surface area contributed by atoms with Gasteiger partial charge in [-0.2, -0.15) is 0 Å². The Morgan fingerprint density at radius 1 is 1.41 bits per heavy atom. The smallest absolute Gasteiger partial charge is 0.407 e. The van der Waals surface area contributed by atoms with E-state index in [2.05, 4.69) is 10.1 Å². The van der Waals surface area contributed by atoms with Crippen LogP contribution in [0.2, 0.25) is 0 Å². The summed E-state index contributed by atoms with van der Waals surface area (Å²) in [4.78, 5) is 23.3. The second-order valence-electron chi connectivity index (χ2n) is 4.69. The van der Waals surface area contributed by atoms with Gasteiger partial charge in [0, 0.05) is 12.5 Å². The van der Waals surface area contributed by atoms with Crippen molar-refractivity contribution in [3.8, 4) is 5.75 Å². The number of benzene rings is 1. The number of ether oxygens (including phenoxy) is 2. The Balaban J connectivity index is 2.72.